The first-order valence-corrected chi connectivity index (χ1v) is 17.6. The molecule has 51 heavy (non-hydrogen) atoms. The fraction of sp³-hybridized carbons (Fsp3) is 0.118. The maximum atomic E-state index is 12.3. The second kappa shape index (κ2) is 19.2. The number of fused-ring (bicyclic) bond motifs is 2. The van der Waals surface area contributed by atoms with Crippen molar-refractivity contribution in [1.82, 2.24) is 10.6 Å². The SMILES string of the molecule is Cl.Cl.NS(=O)(=O)c1ccc(CNCc2coc3ccccc3c2=O)cc1.NS(=O)(=O)c1ccc(CNCc2coc3ccccc3c2=O)cc1.[Zn+2]. The van der Waals surface area contributed by atoms with E-state index in [0.717, 1.165) is 11.1 Å². The van der Waals surface area contributed by atoms with Crippen molar-refractivity contribution in [3.05, 3.63) is 152 Å². The van der Waals surface area contributed by atoms with Crippen molar-refractivity contribution in [2.75, 3.05) is 0 Å². The zero-order chi connectivity index (χ0) is 34.3. The molecule has 0 bridgehead atoms. The average molecular weight is 827 g/mol. The van der Waals surface area contributed by atoms with Crippen LogP contribution in [-0.4, -0.2) is 16.8 Å². The summed E-state index contributed by atoms with van der Waals surface area (Å²) in [5.41, 5.74) is 3.84. The molecule has 0 spiro atoms. The molecule has 6 aromatic rings. The Morgan fingerprint density at radius 1 is 0.510 bits per heavy atom. The molecule has 0 radical (unpaired) electrons. The van der Waals surface area contributed by atoms with Gasteiger partial charge in [-0.3, -0.25) is 9.59 Å². The molecule has 0 saturated carbocycles. The maximum absolute atomic E-state index is 12.3. The number of nitrogens with one attached hydrogen (secondary N) is 2. The second-order valence-electron chi connectivity index (χ2n) is 10.8. The van der Waals surface area contributed by atoms with Crippen molar-refractivity contribution in [3.8, 4) is 0 Å². The fourth-order valence-corrected chi connectivity index (χ4v) is 5.79. The molecule has 0 saturated heterocycles. The number of hydrogen-bond acceptors (Lipinski definition) is 10. The van der Waals surface area contributed by atoms with Gasteiger partial charge in [0, 0.05) is 37.3 Å². The number of sulfonamides is 2. The van der Waals surface area contributed by atoms with Gasteiger partial charge in [-0.05, 0) is 59.7 Å². The van der Waals surface area contributed by atoms with E-state index in [1.807, 2.05) is 12.1 Å². The molecule has 0 aliphatic carbocycles. The van der Waals surface area contributed by atoms with Gasteiger partial charge in [0.25, 0.3) is 0 Å². The van der Waals surface area contributed by atoms with E-state index in [9.17, 15) is 26.4 Å². The van der Waals surface area contributed by atoms with Crippen LogP contribution < -0.4 is 31.8 Å². The van der Waals surface area contributed by atoms with Gasteiger partial charge in [0.1, 0.15) is 11.2 Å². The van der Waals surface area contributed by atoms with Gasteiger partial charge in [-0.15, -0.1) is 24.8 Å². The standard InChI is InChI=1S/2C17H16N2O4S.2ClH.Zn/c2*18-24(21,22)14-7-5-12(6-8-14)9-19-10-13-11-23-16-4-2-1-3-15(16)17(13)20;;;/h2*1-8,11,19H,9-10H2,(H2,18,21,22);2*1H;/q;;;;+2. The van der Waals surface area contributed by atoms with Crippen LogP contribution in [0.4, 0.5) is 0 Å². The topological polar surface area (TPSA) is 205 Å². The molecule has 17 heteroatoms. The predicted octanol–water partition coefficient (Wildman–Crippen LogP) is 4.30. The van der Waals surface area contributed by atoms with Crippen LogP contribution in [0.1, 0.15) is 22.3 Å². The number of nitrogens with two attached hydrogens (primary N) is 2. The van der Waals surface area contributed by atoms with E-state index in [1.54, 1.807) is 60.7 Å². The first kappa shape index (κ1) is 43.4. The number of halogens is 2. The quantitative estimate of drug-likeness (QED) is 0.144. The van der Waals surface area contributed by atoms with Crippen LogP contribution in [0.5, 0.6) is 0 Å². The predicted molar refractivity (Wildman–Crippen MR) is 196 cm³/mol. The molecule has 2 aromatic heterocycles. The normalized spacial score (nSPS) is 11.0. The van der Waals surface area contributed by atoms with Crippen LogP contribution in [0.25, 0.3) is 21.9 Å². The molecule has 0 fully saturated rings. The van der Waals surface area contributed by atoms with E-state index in [0.29, 0.717) is 59.2 Å². The Kier molecular flexibility index (Phi) is 16.3. The van der Waals surface area contributed by atoms with Gasteiger partial charge in [0.2, 0.25) is 20.0 Å². The van der Waals surface area contributed by atoms with Gasteiger partial charge in [-0.1, -0.05) is 48.5 Å². The largest absolute Gasteiger partial charge is 2.00 e. The summed E-state index contributed by atoms with van der Waals surface area (Å²) < 4.78 is 55.7. The number of primary sulfonamides is 2. The summed E-state index contributed by atoms with van der Waals surface area (Å²) in [5.74, 6) is 0. The van der Waals surface area contributed by atoms with E-state index >= 15 is 0 Å². The van der Waals surface area contributed by atoms with Gasteiger partial charge in [-0.2, -0.15) is 0 Å². The molecule has 6 N–H and O–H groups in total. The van der Waals surface area contributed by atoms with Gasteiger partial charge in [0.15, 0.2) is 10.9 Å². The molecule has 4 aromatic carbocycles. The summed E-state index contributed by atoms with van der Waals surface area (Å²) in [6, 6.07) is 26.7. The molecule has 0 atom stereocenters. The van der Waals surface area contributed by atoms with Crippen LogP contribution in [0.3, 0.4) is 0 Å². The molecule has 0 unspecified atom stereocenters. The third kappa shape index (κ3) is 11.6. The van der Waals surface area contributed by atoms with Crippen LogP contribution in [0, 0.1) is 0 Å². The minimum Gasteiger partial charge on any atom is -0.464 e. The minimum atomic E-state index is -3.68. The Bertz CT molecular complexity index is 2240. The Hall–Kier alpha value is -3.76. The summed E-state index contributed by atoms with van der Waals surface area (Å²) in [6.07, 6.45) is 2.92. The van der Waals surface area contributed by atoms with E-state index < -0.39 is 20.0 Å². The molecule has 2 heterocycles. The maximum Gasteiger partial charge on any atom is 2.00 e. The number of rotatable bonds is 10. The first-order valence-electron chi connectivity index (χ1n) is 14.5. The molecule has 0 aliphatic rings. The van der Waals surface area contributed by atoms with Gasteiger partial charge >= 0.3 is 19.5 Å². The van der Waals surface area contributed by atoms with Gasteiger partial charge in [0.05, 0.1) is 33.1 Å². The summed E-state index contributed by atoms with van der Waals surface area (Å²) in [6.45, 7) is 1.67. The van der Waals surface area contributed by atoms with Crippen molar-refractivity contribution < 1.29 is 45.1 Å². The number of hydrogen-bond donors (Lipinski definition) is 4. The summed E-state index contributed by atoms with van der Waals surface area (Å²) >= 11 is 0. The molecular formula is C34H34Cl2N4O8S2Zn+2. The minimum absolute atomic E-state index is 0. The van der Waals surface area contributed by atoms with Crippen LogP contribution in [0.15, 0.2) is 138 Å². The smallest absolute Gasteiger partial charge is 0.464 e. The monoisotopic (exact) mass is 824 g/mol. The van der Waals surface area contributed by atoms with Crippen LogP contribution >= 0.6 is 24.8 Å². The molecule has 12 nitrogen and oxygen atoms in total. The molecular weight excluding hydrogens is 793 g/mol. The third-order valence-electron chi connectivity index (χ3n) is 7.30. The van der Waals surface area contributed by atoms with E-state index in [1.165, 1.54) is 36.8 Å². The molecule has 6 rings (SSSR count). The Morgan fingerprint density at radius 3 is 1.18 bits per heavy atom. The zero-order valence-electron chi connectivity index (χ0n) is 27.0. The van der Waals surface area contributed by atoms with Gasteiger partial charge < -0.3 is 19.5 Å². The van der Waals surface area contributed by atoms with Gasteiger partial charge in [-0.25, -0.2) is 27.1 Å². The summed E-state index contributed by atoms with van der Waals surface area (Å²) in [5, 5.41) is 17.5. The number of para-hydroxylation sites is 2. The second-order valence-corrected chi connectivity index (χ2v) is 13.9. The molecule has 0 amide bonds. The van der Waals surface area contributed by atoms with Crippen molar-refractivity contribution in [2.45, 2.75) is 36.0 Å². The Morgan fingerprint density at radius 2 is 0.843 bits per heavy atom. The molecule has 0 aliphatic heterocycles. The van der Waals surface area contributed by atoms with Crippen molar-refractivity contribution in [1.29, 1.82) is 0 Å². The summed E-state index contributed by atoms with van der Waals surface area (Å²) in [4.78, 5) is 24.8. The van der Waals surface area contributed by atoms with Crippen LogP contribution in [0.2, 0.25) is 0 Å². The number of benzene rings is 4. The van der Waals surface area contributed by atoms with Crippen molar-refractivity contribution in [2.24, 2.45) is 10.3 Å². The van der Waals surface area contributed by atoms with E-state index in [4.69, 9.17) is 19.1 Å². The van der Waals surface area contributed by atoms with E-state index in [2.05, 4.69) is 10.6 Å². The summed E-state index contributed by atoms with van der Waals surface area (Å²) in [7, 11) is -7.37. The van der Waals surface area contributed by atoms with Crippen molar-refractivity contribution in [3.63, 3.8) is 0 Å². The third-order valence-corrected chi connectivity index (χ3v) is 9.15. The first-order chi connectivity index (χ1) is 22.9. The Balaban J connectivity index is 0.000000334. The molecule has 264 valence electrons. The average Bonchev–Trinajstić information content (AvgIpc) is 3.07. The van der Waals surface area contributed by atoms with Crippen molar-refractivity contribution >= 4 is 66.8 Å². The zero-order valence-corrected chi connectivity index (χ0v) is 33.2. The van der Waals surface area contributed by atoms with Crippen LogP contribution in [-0.2, 0) is 65.7 Å². The van der Waals surface area contributed by atoms with E-state index in [-0.39, 0.29) is 64.9 Å². The Labute approximate surface area is 319 Å². The fourth-order valence-electron chi connectivity index (χ4n) is 4.76.